The van der Waals surface area contributed by atoms with Gasteiger partial charge in [-0.05, 0) is 42.5 Å². The number of fused-ring (bicyclic) bond motifs is 3. The summed E-state index contributed by atoms with van der Waals surface area (Å²) in [4.78, 5) is 24.0. The smallest absolute Gasteiger partial charge is 0.349 e. The molecule has 0 bridgehead atoms. The molecule has 0 spiro atoms. The van der Waals surface area contributed by atoms with E-state index in [-0.39, 0.29) is 40.0 Å². The van der Waals surface area contributed by atoms with Gasteiger partial charge in [-0.25, -0.2) is 4.79 Å². The molecule has 0 aromatic heterocycles. The number of aliphatic hydroxyl groups excluding tert-OH is 2. The molecule has 0 aliphatic heterocycles. The van der Waals surface area contributed by atoms with Gasteiger partial charge >= 0.3 is 5.97 Å². The molecular formula is C20H22Cl2O6. The Morgan fingerprint density at radius 3 is 2.71 bits per heavy atom. The van der Waals surface area contributed by atoms with Crippen LogP contribution in [0.3, 0.4) is 0 Å². The fraction of sp³-hybridized carbons (Fsp3) is 0.500. The molecule has 0 saturated carbocycles. The minimum atomic E-state index is -1.13. The number of benzene rings is 1. The van der Waals surface area contributed by atoms with Crippen molar-refractivity contribution in [1.29, 1.82) is 0 Å². The lowest BCUT2D eigenvalue weighted by Gasteiger charge is -2.32. The van der Waals surface area contributed by atoms with Crippen molar-refractivity contribution in [2.75, 3.05) is 13.4 Å². The van der Waals surface area contributed by atoms with Gasteiger partial charge in [-0.1, -0.05) is 30.1 Å². The Morgan fingerprint density at radius 2 is 2.07 bits per heavy atom. The van der Waals surface area contributed by atoms with E-state index in [1.165, 1.54) is 0 Å². The average Bonchev–Trinajstić information content (AvgIpc) is 2.99. The van der Waals surface area contributed by atoms with Crippen LogP contribution in [-0.2, 0) is 20.7 Å². The van der Waals surface area contributed by atoms with E-state index in [0.29, 0.717) is 12.8 Å². The van der Waals surface area contributed by atoms with Gasteiger partial charge < -0.3 is 19.7 Å². The summed E-state index contributed by atoms with van der Waals surface area (Å²) >= 11 is 13.0. The summed E-state index contributed by atoms with van der Waals surface area (Å²) in [5, 5.41) is 18.4. The van der Waals surface area contributed by atoms with Crippen molar-refractivity contribution in [2.45, 2.75) is 45.1 Å². The number of hydrogen-bond donors (Lipinski definition) is 2. The number of esters is 1. The summed E-state index contributed by atoms with van der Waals surface area (Å²) in [6.45, 7) is 0.990. The standard InChI is InChI=1S/C20H22Cl2O6/c1-2-20-5-3-12(25)8-13(20)16-11(9-20)7-15(17(21)18(16)22)28-14(4-6-23)19(26)27-10-24/h7-8,14,23-24H,2-6,9-10H2,1H3. The maximum absolute atomic E-state index is 12.0. The number of carbonyl (C=O) groups is 2. The Hall–Kier alpha value is -1.60. The van der Waals surface area contributed by atoms with Crippen LogP contribution in [-0.4, -0.2) is 41.5 Å². The quantitative estimate of drug-likeness (QED) is 0.510. The summed E-state index contributed by atoms with van der Waals surface area (Å²) in [5.74, 6) is -0.527. The first-order chi connectivity index (χ1) is 13.4. The second-order valence-electron chi connectivity index (χ2n) is 7.08. The first kappa shape index (κ1) is 21.1. The van der Waals surface area contributed by atoms with Crippen molar-refractivity contribution in [3.8, 4) is 5.75 Å². The van der Waals surface area contributed by atoms with Gasteiger partial charge in [-0.2, -0.15) is 0 Å². The third-order valence-electron chi connectivity index (χ3n) is 5.59. The minimum Gasteiger partial charge on any atom is -0.477 e. The third-order valence-corrected chi connectivity index (χ3v) is 6.44. The zero-order valence-electron chi connectivity index (χ0n) is 15.5. The topological polar surface area (TPSA) is 93.1 Å². The fourth-order valence-corrected chi connectivity index (χ4v) is 4.59. The molecule has 6 nitrogen and oxygen atoms in total. The molecule has 1 aromatic carbocycles. The zero-order chi connectivity index (χ0) is 20.5. The van der Waals surface area contributed by atoms with Gasteiger partial charge in [-0.3, -0.25) is 4.79 Å². The first-order valence-electron chi connectivity index (χ1n) is 9.18. The van der Waals surface area contributed by atoms with Crippen LogP contribution in [0.5, 0.6) is 5.75 Å². The van der Waals surface area contributed by atoms with Crippen LogP contribution in [0.1, 0.15) is 43.7 Å². The molecule has 0 radical (unpaired) electrons. The molecule has 2 aliphatic carbocycles. The summed E-state index contributed by atoms with van der Waals surface area (Å²) < 4.78 is 10.3. The average molecular weight is 429 g/mol. The van der Waals surface area contributed by atoms with Gasteiger partial charge in [0.1, 0.15) is 10.8 Å². The fourth-order valence-electron chi connectivity index (χ4n) is 4.08. The van der Waals surface area contributed by atoms with Crippen molar-refractivity contribution in [3.05, 3.63) is 33.3 Å². The van der Waals surface area contributed by atoms with Crippen molar-refractivity contribution >= 4 is 40.5 Å². The predicted octanol–water partition coefficient (Wildman–Crippen LogP) is 3.32. The zero-order valence-corrected chi connectivity index (χ0v) is 17.0. The molecular weight excluding hydrogens is 407 g/mol. The van der Waals surface area contributed by atoms with E-state index in [0.717, 1.165) is 29.5 Å². The summed E-state index contributed by atoms with van der Waals surface area (Å²) in [6.07, 6.45) is 3.34. The molecule has 0 fully saturated rings. The summed E-state index contributed by atoms with van der Waals surface area (Å²) in [6, 6.07) is 1.74. The maximum Gasteiger partial charge on any atom is 0.349 e. The highest BCUT2D eigenvalue weighted by Gasteiger charge is 2.45. The number of rotatable bonds is 7. The van der Waals surface area contributed by atoms with E-state index in [4.69, 9.17) is 33.0 Å². The SMILES string of the molecule is CCC12CCC(=O)C=C1c1c(cc(OC(CCO)C(=O)OCO)c(Cl)c1Cl)C2. The number of ether oxygens (including phenoxy) is 2. The second kappa shape index (κ2) is 8.41. The minimum absolute atomic E-state index is 0.0254. The molecule has 0 heterocycles. The molecule has 2 atom stereocenters. The Morgan fingerprint density at radius 1 is 1.32 bits per heavy atom. The van der Waals surface area contributed by atoms with Gasteiger partial charge in [0.2, 0.25) is 0 Å². The number of hydrogen-bond acceptors (Lipinski definition) is 6. The van der Waals surface area contributed by atoms with Crippen LogP contribution in [0.4, 0.5) is 0 Å². The van der Waals surface area contributed by atoms with Crippen LogP contribution < -0.4 is 4.74 Å². The van der Waals surface area contributed by atoms with Gasteiger partial charge in [0.25, 0.3) is 0 Å². The number of ketones is 1. The Balaban J connectivity index is 2.01. The lowest BCUT2D eigenvalue weighted by atomic mass is 9.71. The third kappa shape index (κ3) is 3.66. The molecule has 152 valence electrons. The molecule has 2 N–H and O–H groups in total. The van der Waals surface area contributed by atoms with Gasteiger partial charge in [0, 0.05) is 30.4 Å². The van der Waals surface area contributed by atoms with E-state index < -0.39 is 18.9 Å². The lowest BCUT2D eigenvalue weighted by Crippen LogP contribution is -2.31. The van der Waals surface area contributed by atoms with Crippen molar-refractivity contribution in [1.82, 2.24) is 0 Å². The molecule has 0 amide bonds. The van der Waals surface area contributed by atoms with E-state index in [2.05, 4.69) is 11.7 Å². The number of carbonyl (C=O) groups excluding carboxylic acids is 2. The van der Waals surface area contributed by atoms with Crippen LogP contribution >= 0.6 is 23.2 Å². The molecule has 0 saturated heterocycles. The molecule has 2 unspecified atom stereocenters. The van der Waals surface area contributed by atoms with Crippen molar-refractivity contribution in [2.24, 2.45) is 5.41 Å². The largest absolute Gasteiger partial charge is 0.477 e. The Bertz CT molecular complexity index is 834. The Labute approximate surface area is 173 Å². The van der Waals surface area contributed by atoms with Crippen LogP contribution in [0.2, 0.25) is 10.0 Å². The molecule has 3 rings (SSSR count). The monoisotopic (exact) mass is 428 g/mol. The molecule has 1 aromatic rings. The van der Waals surface area contributed by atoms with E-state index in [1.54, 1.807) is 12.1 Å². The predicted molar refractivity (Wildman–Crippen MR) is 104 cm³/mol. The molecule has 8 heteroatoms. The van der Waals surface area contributed by atoms with E-state index >= 15 is 0 Å². The van der Waals surface area contributed by atoms with Crippen LogP contribution in [0, 0.1) is 5.41 Å². The number of halogens is 2. The highest BCUT2D eigenvalue weighted by Crippen LogP contribution is 2.57. The molecule has 28 heavy (non-hydrogen) atoms. The lowest BCUT2D eigenvalue weighted by molar-refractivity contribution is -0.160. The summed E-state index contributed by atoms with van der Waals surface area (Å²) in [7, 11) is 0. The maximum atomic E-state index is 12.0. The van der Waals surface area contributed by atoms with Gasteiger partial charge in [0.15, 0.2) is 18.7 Å². The van der Waals surface area contributed by atoms with Crippen molar-refractivity contribution < 1.29 is 29.3 Å². The van der Waals surface area contributed by atoms with E-state index in [1.807, 2.05) is 0 Å². The highest BCUT2D eigenvalue weighted by molar-refractivity contribution is 6.44. The highest BCUT2D eigenvalue weighted by atomic mass is 35.5. The van der Waals surface area contributed by atoms with Crippen LogP contribution in [0.25, 0.3) is 5.57 Å². The number of allylic oxidation sites excluding steroid dienone is 2. The molecule has 2 aliphatic rings. The normalized spacial score (nSPS) is 21.6. The van der Waals surface area contributed by atoms with E-state index in [9.17, 15) is 14.7 Å². The van der Waals surface area contributed by atoms with Crippen molar-refractivity contribution in [3.63, 3.8) is 0 Å². The second-order valence-corrected chi connectivity index (χ2v) is 7.84. The van der Waals surface area contributed by atoms with Gasteiger partial charge in [-0.15, -0.1) is 0 Å². The first-order valence-corrected chi connectivity index (χ1v) is 9.93. The van der Waals surface area contributed by atoms with Crippen LogP contribution in [0.15, 0.2) is 12.1 Å². The number of aliphatic hydroxyl groups is 2. The summed E-state index contributed by atoms with van der Waals surface area (Å²) in [5.41, 5.74) is 2.45. The Kier molecular flexibility index (Phi) is 6.34. The van der Waals surface area contributed by atoms with Gasteiger partial charge in [0.05, 0.1) is 5.02 Å².